The van der Waals surface area contributed by atoms with Gasteiger partial charge >= 0.3 is 0 Å². The number of primary amides is 1. The van der Waals surface area contributed by atoms with Crippen molar-refractivity contribution in [2.45, 2.75) is 19.8 Å². The van der Waals surface area contributed by atoms with E-state index in [0.717, 1.165) is 0 Å². The molecule has 0 bridgehead atoms. The summed E-state index contributed by atoms with van der Waals surface area (Å²) in [4.78, 5) is 10.2. The van der Waals surface area contributed by atoms with Crippen LogP contribution in [0, 0.1) is 0 Å². The first-order chi connectivity index (χ1) is 4.20. The summed E-state index contributed by atoms with van der Waals surface area (Å²) in [6, 6.07) is 0. The average Bonchev–Trinajstić information content (AvgIpc) is 1.82. The predicted octanol–water partition coefficient (Wildman–Crippen LogP) is 0.102. The van der Waals surface area contributed by atoms with Gasteiger partial charge in [0.05, 0.1) is 12.1 Å². The van der Waals surface area contributed by atoms with Crippen molar-refractivity contribution in [1.29, 1.82) is 0 Å². The van der Waals surface area contributed by atoms with Crippen LogP contribution in [0.5, 0.6) is 0 Å². The molecule has 0 aliphatic carbocycles. The van der Waals surface area contributed by atoms with E-state index in [1.54, 1.807) is 6.92 Å². The fourth-order valence-corrected chi connectivity index (χ4v) is 0.432. The minimum atomic E-state index is -0.468. The molecule has 0 unspecified atom stereocenters. The van der Waals surface area contributed by atoms with Crippen molar-refractivity contribution in [1.82, 2.24) is 0 Å². The zero-order valence-electron chi connectivity index (χ0n) is 5.29. The van der Waals surface area contributed by atoms with Crippen molar-refractivity contribution in [3.05, 3.63) is 0 Å². The quantitative estimate of drug-likeness (QED) is 0.323. The molecule has 0 aromatic rings. The topological polar surface area (TPSA) is 75.7 Å². The first-order valence-electron chi connectivity index (χ1n) is 2.68. The summed E-state index contributed by atoms with van der Waals surface area (Å²) in [5.74, 6) is -0.468. The third-order valence-corrected chi connectivity index (χ3v) is 0.928. The molecule has 0 aliphatic heterocycles. The Kier molecular flexibility index (Phi) is 3.43. The Balaban J connectivity index is 3.71. The van der Waals surface area contributed by atoms with Crippen molar-refractivity contribution >= 4 is 11.6 Å². The molecule has 1 amide bonds. The molecule has 0 spiro atoms. The highest BCUT2D eigenvalue weighted by atomic mass is 16.4. The summed E-state index contributed by atoms with van der Waals surface area (Å²) in [6.45, 7) is 1.79. The number of hydrogen-bond donors (Lipinski definition) is 2. The van der Waals surface area contributed by atoms with Gasteiger partial charge in [0.1, 0.15) is 0 Å². The van der Waals surface area contributed by atoms with E-state index in [2.05, 4.69) is 5.16 Å². The molecule has 0 aromatic heterocycles. The number of nitrogens with zero attached hydrogens (tertiary/aromatic N) is 1. The van der Waals surface area contributed by atoms with E-state index in [-0.39, 0.29) is 6.42 Å². The summed E-state index contributed by atoms with van der Waals surface area (Å²) >= 11 is 0. The van der Waals surface area contributed by atoms with Crippen LogP contribution in [0.4, 0.5) is 0 Å². The summed E-state index contributed by atoms with van der Waals surface area (Å²) < 4.78 is 0. The zero-order valence-corrected chi connectivity index (χ0v) is 5.29. The first kappa shape index (κ1) is 7.94. The maximum atomic E-state index is 10.2. The zero-order chi connectivity index (χ0) is 7.28. The van der Waals surface area contributed by atoms with Crippen LogP contribution >= 0.6 is 0 Å². The van der Waals surface area contributed by atoms with Crippen molar-refractivity contribution < 1.29 is 10.0 Å². The van der Waals surface area contributed by atoms with E-state index >= 15 is 0 Å². The van der Waals surface area contributed by atoms with Crippen molar-refractivity contribution in [2.24, 2.45) is 10.9 Å². The van der Waals surface area contributed by atoms with Gasteiger partial charge in [-0.2, -0.15) is 0 Å². The van der Waals surface area contributed by atoms with E-state index in [1.807, 2.05) is 0 Å². The third kappa shape index (κ3) is 3.52. The molecule has 0 fully saturated rings. The number of hydrogen-bond acceptors (Lipinski definition) is 3. The lowest BCUT2D eigenvalue weighted by molar-refractivity contribution is -0.116. The normalized spacial score (nSPS) is 11.4. The minimum Gasteiger partial charge on any atom is -0.411 e. The van der Waals surface area contributed by atoms with E-state index < -0.39 is 5.91 Å². The summed E-state index contributed by atoms with van der Waals surface area (Å²) in [7, 11) is 0. The monoisotopic (exact) mass is 130 g/mol. The Labute approximate surface area is 53.3 Å². The van der Waals surface area contributed by atoms with Gasteiger partial charge in [0.25, 0.3) is 0 Å². The smallest absolute Gasteiger partial charge is 0.223 e. The summed E-state index contributed by atoms with van der Waals surface area (Å²) in [5, 5.41) is 11.0. The van der Waals surface area contributed by atoms with Crippen molar-refractivity contribution in [3.8, 4) is 0 Å². The average molecular weight is 130 g/mol. The maximum Gasteiger partial charge on any atom is 0.223 e. The molecule has 0 atom stereocenters. The molecule has 0 rings (SSSR count). The number of amides is 1. The molecular formula is C5H10N2O2. The second-order valence-corrected chi connectivity index (χ2v) is 1.66. The van der Waals surface area contributed by atoms with Gasteiger partial charge in [-0.3, -0.25) is 4.79 Å². The van der Waals surface area contributed by atoms with Crippen LogP contribution in [0.15, 0.2) is 5.16 Å². The molecule has 0 saturated carbocycles. The van der Waals surface area contributed by atoms with Crippen molar-refractivity contribution in [3.63, 3.8) is 0 Å². The number of nitrogens with two attached hydrogens (primary N) is 1. The SMILES string of the molecule is CCC(CC(N)=O)=NO. The lowest BCUT2D eigenvalue weighted by atomic mass is 10.2. The Morgan fingerprint density at radius 2 is 2.33 bits per heavy atom. The van der Waals surface area contributed by atoms with Crippen LogP contribution in [0.25, 0.3) is 0 Å². The Bertz CT molecular complexity index is 131. The largest absolute Gasteiger partial charge is 0.411 e. The predicted molar refractivity (Wildman–Crippen MR) is 33.3 cm³/mol. The van der Waals surface area contributed by atoms with Gasteiger partial charge in [0, 0.05) is 0 Å². The molecule has 0 heterocycles. The molecular weight excluding hydrogens is 120 g/mol. The minimum absolute atomic E-state index is 0.0486. The third-order valence-electron chi connectivity index (χ3n) is 0.928. The Hall–Kier alpha value is -1.06. The fraction of sp³-hybridized carbons (Fsp3) is 0.600. The number of carbonyl (C=O) groups excluding carboxylic acids is 1. The van der Waals surface area contributed by atoms with Crippen LogP contribution in [-0.4, -0.2) is 16.8 Å². The van der Waals surface area contributed by atoms with Crippen LogP contribution < -0.4 is 5.73 Å². The van der Waals surface area contributed by atoms with Crippen LogP contribution in [0.3, 0.4) is 0 Å². The molecule has 3 N–H and O–H groups in total. The van der Waals surface area contributed by atoms with Gasteiger partial charge < -0.3 is 10.9 Å². The molecule has 0 saturated heterocycles. The Morgan fingerprint density at radius 3 is 2.44 bits per heavy atom. The highest BCUT2D eigenvalue weighted by Crippen LogP contribution is 1.89. The summed E-state index contributed by atoms with van der Waals surface area (Å²) in [5.41, 5.74) is 5.23. The highest BCUT2D eigenvalue weighted by molar-refractivity contribution is 5.99. The fourth-order valence-electron chi connectivity index (χ4n) is 0.432. The first-order valence-corrected chi connectivity index (χ1v) is 2.68. The van der Waals surface area contributed by atoms with Gasteiger partial charge in [0.2, 0.25) is 5.91 Å². The van der Waals surface area contributed by atoms with Gasteiger partial charge in [-0.05, 0) is 6.42 Å². The standard InChI is InChI=1S/C5H10N2O2/c1-2-4(7-9)3-5(6)8/h9H,2-3H2,1H3,(H2,6,8). The summed E-state index contributed by atoms with van der Waals surface area (Å²) in [6.07, 6.45) is 0.604. The van der Waals surface area contributed by atoms with E-state index in [4.69, 9.17) is 10.9 Å². The molecule has 0 radical (unpaired) electrons. The second kappa shape index (κ2) is 3.88. The van der Waals surface area contributed by atoms with E-state index in [0.29, 0.717) is 12.1 Å². The van der Waals surface area contributed by atoms with Gasteiger partial charge in [-0.15, -0.1) is 0 Å². The van der Waals surface area contributed by atoms with Crippen molar-refractivity contribution in [2.75, 3.05) is 0 Å². The molecule has 0 aliphatic rings. The van der Waals surface area contributed by atoms with Crippen LogP contribution in [0.2, 0.25) is 0 Å². The van der Waals surface area contributed by atoms with E-state index in [9.17, 15) is 4.79 Å². The van der Waals surface area contributed by atoms with Gasteiger partial charge in [-0.1, -0.05) is 12.1 Å². The molecule has 4 nitrogen and oxygen atoms in total. The Morgan fingerprint density at radius 1 is 1.78 bits per heavy atom. The number of carbonyl (C=O) groups is 1. The lowest BCUT2D eigenvalue weighted by Crippen LogP contribution is -2.15. The van der Waals surface area contributed by atoms with E-state index in [1.165, 1.54) is 0 Å². The molecule has 4 heteroatoms. The highest BCUT2D eigenvalue weighted by Gasteiger charge is 2.00. The maximum absolute atomic E-state index is 10.2. The molecule has 0 aromatic carbocycles. The van der Waals surface area contributed by atoms with Crippen LogP contribution in [0.1, 0.15) is 19.8 Å². The number of rotatable bonds is 3. The number of oxime groups is 1. The molecule has 52 valence electrons. The molecule has 9 heavy (non-hydrogen) atoms. The second-order valence-electron chi connectivity index (χ2n) is 1.66. The van der Waals surface area contributed by atoms with Gasteiger partial charge in [0.15, 0.2) is 0 Å². The van der Waals surface area contributed by atoms with Gasteiger partial charge in [-0.25, -0.2) is 0 Å². The lowest BCUT2D eigenvalue weighted by Gasteiger charge is -1.93. The van der Waals surface area contributed by atoms with Crippen LogP contribution in [-0.2, 0) is 4.79 Å².